The van der Waals surface area contributed by atoms with Gasteiger partial charge in [-0.3, -0.25) is 0 Å². The Morgan fingerprint density at radius 1 is 0.846 bits per heavy atom. The van der Waals surface area contributed by atoms with Crippen LogP contribution >= 0.6 is 0 Å². The molecule has 0 rings (SSSR count). The maximum atomic E-state index is 3.00. The average Bonchev–Trinajstić information content (AvgIpc) is 2.21. The van der Waals surface area contributed by atoms with Gasteiger partial charge < -0.3 is 0 Å². The van der Waals surface area contributed by atoms with E-state index in [1.807, 2.05) is 0 Å². The van der Waals surface area contributed by atoms with Crippen molar-refractivity contribution in [3.63, 3.8) is 0 Å². The second-order valence-corrected chi connectivity index (χ2v) is 2.60. The van der Waals surface area contributed by atoms with Crippen molar-refractivity contribution in [1.82, 2.24) is 0 Å². The van der Waals surface area contributed by atoms with E-state index in [1.54, 1.807) is 0 Å². The largest absolute Gasteiger partial charge is 0.106 e. The van der Waals surface area contributed by atoms with E-state index in [9.17, 15) is 0 Å². The monoisotopic (exact) mass is 180 g/mol. The lowest BCUT2D eigenvalue weighted by Gasteiger charge is -2.01. The molecule has 0 aromatic rings. The summed E-state index contributed by atoms with van der Waals surface area (Å²) in [5, 5.41) is 0. The van der Waals surface area contributed by atoms with Crippen molar-refractivity contribution in [3.8, 4) is 0 Å². The van der Waals surface area contributed by atoms with E-state index >= 15 is 0 Å². The zero-order valence-corrected chi connectivity index (χ0v) is 9.91. The highest BCUT2D eigenvalue weighted by atomic mass is 14.0. The van der Waals surface area contributed by atoms with Gasteiger partial charge in [-0.05, 0) is 40.2 Å². The summed E-state index contributed by atoms with van der Waals surface area (Å²) in [5.74, 6) is 0. The van der Waals surface area contributed by atoms with Gasteiger partial charge in [-0.15, -0.1) is 26.3 Å². The fourth-order valence-corrected chi connectivity index (χ4v) is 0.611. The topological polar surface area (TPSA) is 0 Å². The van der Waals surface area contributed by atoms with Crippen LogP contribution in [0.3, 0.4) is 0 Å². The molecule has 0 spiro atoms. The Kier molecular flexibility index (Phi) is 18.6. The average molecular weight is 180 g/mol. The molecule has 0 unspecified atom stereocenters. The van der Waals surface area contributed by atoms with Crippen molar-refractivity contribution in [2.45, 2.75) is 34.6 Å². The minimum absolute atomic E-state index is 1.38. The predicted molar refractivity (Wildman–Crippen MR) is 66.0 cm³/mol. The molecule has 0 amide bonds. The second kappa shape index (κ2) is 13.5. The molecule has 0 heterocycles. The van der Waals surface area contributed by atoms with Crippen LogP contribution in [0.1, 0.15) is 34.6 Å². The van der Waals surface area contributed by atoms with E-state index in [1.165, 1.54) is 16.7 Å². The lowest BCUT2D eigenvalue weighted by atomic mass is 10.1. The Balaban J connectivity index is -0.000000218. The lowest BCUT2D eigenvalue weighted by molar-refractivity contribution is 1.22. The molecule has 0 aromatic heterocycles. The highest BCUT2D eigenvalue weighted by molar-refractivity contribution is 5.29. The van der Waals surface area contributed by atoms with Gasteiger partial charge in [-0.1, -0.05) is 17.2 Å². The fourth-order valence-electron chi connectivity index (χ4n) is 0.611. The molecular weight excluding hydrogens is 156 g/mol. The van der Waals surface area contributed by atoms with Crippen molar-refractivity contribution in [2.24, 2.45) is 0 Å². The first-order valence-corrected chi connectivity index (χ1v) is 4.37. The summed E-state index contributed by atoms with van der Waals surface area (Å²) in [4.78, 5) is 0. The van der Waals surface area contributed by atoms with E-state index in [-0.39, 0.29) is 0 Å². The standard InChI is InChI=1S/C9H16.2C2H4/c1-6-8(4)9(5)7(2)3;2*1-2/h6H,1-5H3;2*1-2H2/b8-6-;;. The highest BCUT2D eigenvalue weighted by Gasteiger charge is 1.91. The van der Waals surface area contributed by atoms with Crippen LogP contribution in [0.5, 0.6) is 0 Å². The maximum absolute atomic E-state index is 3.00. The van der Waals surface area contributed by atoms with Gasteiger partial charge in [0.25, 0.3) is 0 Å². The summed E-state index contributed by atoms with van der Waals surface area (Å²) in [5.41, 5.74) is 4.21. The van der Waals surface area contributed by atoms with Crippen LogP contribution in [0.15, 0.2) is 49.1 Å². The number of allylic oxidation sites excluding steroid dienone is 4. The first-order chi connectivity index (χ1) is 6.09. The maximum Gasteiger partial charge on any atom is -0.0396 e. The molecule has 0 heteroatoms. The Hall–Kier alpha value is -1.04. The minimum Gasteiger partial charge on any atom is -0.106 e. The van der Waals surface area contributed by atoms with Crippen molar-refractivity contribution in [2.75, 3.05) is 0 Å². The normalized spacial score (nSPS) is 8.54. The van der Waals surface area contributed by atoms with Crippen molar-refractivity contribution >= 4 is 0 Å². The quantitative estimate of drug-likeness (QED) is 0.397. The molecule has 0 atom stereocenters. The van der Waals surface area contributed by atoms with Crippen LogP contribution in [0.2, 0.25) is 0 Å². The first-order valence-electron chi connectivity index (χ1n) is 4.37. The number of hydrogen-bond acceptors (Lipinski definition) is 0. The van der Waals surface area contributed by atoms with E-state index in [0.29, 0.717) is 0 Å². The van der Waals surface area contributed by atoms with Crippen LogP contribution < -0.4 is 0 Å². The van der Waals surface area contributed by atoms with Crippen LogP contribution in [0.25, 0.3) is 0 Å². The summed E-state index contributed by atoms with van der Waals surface area (Å²) in [7, 11) is 0. The molecule has 13 heavy (non-hydrogen) atoms. The molecule has 0 nitrogen and oxygen atoms in total. The van der Waals surface area contributed by atoms with Gasteiger partial charge in [0.15, 0.2) is 0 Å². The predicted octanol–water partition coefficient (Wildman–Crippen LogP) is 4.91. The van der Waals surface area contributed by atoms with Crippen molar-refractivity contribution in [1.29, 1.82) is 0 Å². The molecule has 0 radical (unpaired) electrons. The molecular formula is C13H24. The van der Waals surface area contributed by atoms with E-state index < -0.39 is 0 Å². The van der Waals surface area contributed by atoms with Crippen LogP contribution in [0.4, 0.5) is 0 Å². The molecule has 0 bridgehead atoms. The van der Waals surface area contributed by atoms with Crippen LogP contribution in [-0.2, 0) is 0 Å². The molecule has 0 saturated carbocycles. The minimum atomic E-state index is 1.38. The van der Waals surface area contributed by atoms with Gasteiger partial charge in [-0.2, -0.15) is 0 Å². The van der Waals surface area contributed by atoms with Crippen LogP contribution in [-0.4, -0.2) is 0 Å². The summed E-state index contributed by atoms with van der Waals surface area (Å²) in [6.45, 7) is 22.7. The summed E-state index contributed by atoms with van der Waals surface area (Å²) < 4.78 is 0. The van der Waals surface area contributed by atoms with E-state index in [0.717, 1.165) is 0 Å². The van der Waals surface area contributed by atoms with Gasteiger partial charge in [0.05, 0.1) is 0 Å². The third-order valence-corrected chi connectivity index (χ3v) is 1.77. The molecule has 76 valence electrons. The Bertz CT molecular complexity index is 164. The molecule has 0 aliphatic rings. The molecule has 0 aliphatic carbocycles. The zero-order chi connectivity index (χ0) is 11.4. The van der Waals surface area contributed by atoms with Gasteiger partial charge in [0.2, 0.25) is 0 Å². The van der Waals surface area contributed by atoms with Crippen LogP contribution in [0, 0.1) is 0 Å². The Morgan fingerprint density at radius 2 is 1.15 bits per heavy atom. The first kappa shape index (κ1) is 17.9. The Morgan fingerprint density at radius 3 is 1.23 bits per heavy atom. The van der Waals surface area contributed by atoms with E-state index in [4.69, 9.17) is 0 Å². The summed E-state index contributed by atoms with van der Waals surface area (Å²) in [6.07, 6.45) is 2.14. The zero-order valence-electron chi connectivity index (χ0n) is 9.91. The van der Waals surface area contributed by atoms with E-state index in [2.05, 4.69) is 67.0 Å². The van der Waals surface area contributed by atoms with Gasteiger partial charge in [0, 0.05) is 0 Å². The van der Waals surface area contributed by atoms with Gasteiger partial charge in [0.1, 0.15) is 0 Å². The lowest BCUT2D eigenvalue weighted by Crippen LogP contribution is -1.80. The van der Waals surface area contributed by atoms with Gasteiger partial charge >= 0.3 is 0 Å². The molecule has 0 saturated heterocycles. The third kappa shape index (κ3) is 11.0. The molecule has 0 aromatic carbocycles. The number of rotatable bonds is 1. The Labute approximate surface area is 84.4 Å². The number of hydrogen-bond donors (Lipinski definition) is 0. The molecule has 0 aliphatic heterocycles. The van der Waals surface area contributed by atoms with Gasteiger partial charge in [-0.25, -0.2) is 0 Å². The molecule has 0 N–H and O–H groups in total. The smallest absolute Gasteiger partial charge is 0.0396 e. The molecule has 0 fully saturated rings. The highest BCUT2D eigenvalue weighted by Crippen LogP contribution is 2.11. The summed E-state index contributed by atoms with van der Waals surface area (Å²) >= 11 is 0. The SMILES string of the molecule is C/C=C(/C)C(C)=C(C)C.C=C.C=C. The summed E-state index contributed by atoms with van der Waals surface area (Å²) in [6, 6.07) is 0. The second-order valence-electron chi connectivity index (χ2n) is 2.60. The third-order valence-electron chi connectivity index (χ3n) is 1.77. The fraction of sp³-hybridized carbons (Fsp3) is 0.385. The van der Waals surface area contributed by atoms with Crippen molar-refractivity contribution in [3.05, 3.63) is 49.1 Å². The van der Waals surface area contributed by atoms with Crippen molar-refractivity contribution < 1.29 is 0 Å².